The number of fused-ring (bicyclic) bond motifs is 1. The molecule has 206 valence electrons. The Hall–Kier alpha value is -4.54. The lowest BCUT2D eigenvalue weighted by Gasteiger charge is -2.44. The lowest BCUT2D eigenvalue weighted by atomic mass is 9.95. The monoisotopic (exact) mass is 547 g/mol. The summed E-state index contributed by atoms with van der Waals surface area (Å²) in [5, 5.41) is 3.87. The van der Waals surface area contributed by atoms with Gasteiger partial charge in [-0.25, -0.2) is 18.8 Å². The van der Waals surface area contributed by atoms with Gasteiger partial charge in [-0.3, -0.25) is 0 Å². The first-order valence-corrected chi connectivity index (χ1v) is 12.5. The summed E-state index contributed by atoms with van der Waals surface area (Å²) >= 11 is 0. The lowest BCUT2D eigenvalue weighted by Crippen LogP contribution is -2.63. The van der Waals surface area contributed by atoms with Gasteiger partial charge in [0.2, 0.25) is 0 Å². The van der Waals surface area contributed by atoms with Crippen LogP contribution >= 0.6 is 0 Å². The first-order valence-electron chi connectivity index (χ1n) is 12.5. The maximum atomic E-state index is 14.3. The van der Waals surface area contributed by atoms with Gasteiger partial charge in [-0.15, -0.1) is 0 Å². The topological polar surface area (TPSA) is 113 Å². The van der Waals surface area contributed by atoms with E-state index >= 15 is 0 Å². The van der Waals surface area contributed by atoms with Crippen LogP contribution in [0.1, 0.15) is 20.7 Å². The number of alkyl halides is 1. The fourth-order valence-corrected chi connectivity index (χ4v) is 4.54. The van der Waals surface area contributed by atoms with Crippen molar-refractivity contribution >= 4 is 28.6 Å². The minimum atomic E-state index is -1.34. The summed E-state index contributed by atoms with van der Waals surface area (Å²) in [7, 11) is 1.36. The van der Waals surface area contributed by atoms with Crippen LogP contribution < -0.4 is 10.9 Å². The Kier molecular flexibility index (Phi) is 8.18. The van der Waals surface area contributed by atoms with Crippen LogP contribution in [-0.4, -0.2) is 56.4 Å². The number of hydrogen-bond donors (Lipinski definition) is 1. The first-order chi connectivity index (χ1) is 19.5. The van der Waals surface area contributed by atoms with Crippen LogP contribution in [0.4, 0.5) is 10.1 Å². The molecule has 0 radical (unpaired) electrons. The van der Waals surface area contributed by atoms with E-state index in [0.717, 1.165) is 0 Å². The average Bonchev–Trinajstić information content (AvgIpc) is 2.99. The summed E-state index contributed by atoms with van der Waals surface area (Å²) in [6.45, 7) is -1.04. The molecule has 4 aromatic rings. The molecular formula is C30H26FNO8. The molecule has 2 heterocycles. The fourth-order valence-electron chi connectivity index (χ4n) is 4.54. The van der Waals surface area contributed by atoms with Crippen LogP contribution in [0.5, 0.6) is 0 Å². The van der Waals surface area contributed by atoms with Crippen molar-refractivity contribution in [2.24, 2.45) is 0 Å². The molecular weight excluding hydrogens is 521 g/mol. The number of halogens is 1. The van der Waals surface area contributed by atoms with Gasteiger partial charge in [-0.2, -0.15) is 0 Å². The van der Waals surface area contributed by atoms with Gasteiger partial charge in [-0.1, -0.05) is 36.4 Å². The lowest BCUT2D eigenvalue weighted by molar-refractivity contribution is -0.249. The molecule has 0 unspecified atom stereocenters. The van der Waals surface area contributed by atoms with Crippen LogP contribution in [0.25, 0.3) is 11.0 Å². The van der Waals surface area contributed by atoms with Gasteiger partial charge >= 0.3 is 17.6 Å². The van der Waals surface area contributed by atoms with Gasteiger partial charge in [0.05, 0.1) is 11.1 Å². The number of ether oxygens (including phenoxy) is 4. The van der Waals surface area contributed by atoms with Crippen molar-refractivity contribution in [3.63, 3.8) is 0 Å². The molecule has 10 heteroatoms. The number of rotatable bonds is 8. The van der Waals surface area contributed by atoms with E-state index < -0.39 is 54.9 Å². The number of methoxy groups -OCH3 is 1. The second-order valence-electron chi connectivity index (χ2n) is 9.08. The molecule has 1 N–H and O–H groups in total. The van der Waals surface area contributed by atoms with Crippen LogP contribution in [-0.2, 0) is 18.9 Å². The number of esters is 2. The quantitative estimate of drug-likeness (QED) is 0.254. The highest BCUT2D eigenvalue weighted by Crippen LogP contribution is 2.31. The van der Waals surface area contributed by atoms with Gasteiger partial charge in [0.25, 0.3) is 0 Å². The zero-order valence-electron chi connectivity index (χ0n) is 21.4. The summed E-state index contributed by atoms with van der Waals surface area (Å²) in [5.74, 6) is -1.45. The third kappa shape index (κ3) is 5.88. The summed E-state index contributed by atoms with van der Waals surface area (Å²) < 4.78 is 42.6. The molecule has 1 fully saturated rings. The minimum absolute atomic E-state index is 0.233. The minimum Gasteiger partial charge on any atom is -0.452 e. The van der Waals surface area contributed by atoms with Crippen LogP contribution in [0.2, 0.25) is 0 Å². The van der Waals surface area contributed by atoms with Crippen molar-refractivity contribution in [3.8, 4) is 0 Å². The first kappa shape index (κ1) is 27.0. The van der Waals surface area contributed by atoms with Crippen molar-refractivity contribution < 1.29 is 37.3 Å². The molecule has 1 aliphatic rings. The van der Waals surface area contributed by atoms with Gasteiger partial charge in [0.1, 0.15) is 24.4 Å². The molecule has 1 aliphatic heterocycles. The fraction of sp³-hybridized carbons (Fsp3) is 0.233. The molecule has 5 rings (SSSR count). The summed E-state index contributed by atoms with van der Waals surface area (Å²) in [4.78, 5) is 38.0. The molecule has 0 bridgehead atoms. The molecule has 40 heavy (non-hydrogen) atoms. The maximum absolute atomic E-state index is 14.3. The number of carbonyl (C=O) groups excluding carboxylic acids is 2. The number of benzene rings is 3. The Morgan fingerprint density at radius 1 is 0.850 bits per heavy atom. The Morgan fingerprint density at radius 2 is 1.45 bits per heavy atom. The average molecular weight is 548 g/mol. The molecule has 0 spiro atoms. The molecule has 0 aliphatic carbocycles. The Morgan fingerprint density at radius 3 is 2.05 bits per heavy atom. The van der Waals surface area contributed by atoms with E-state index in [1.165, 1.54) is 13.2 Å². The van der Waals surface area contributed by atoms with Crippen LogP contribution in [0.15, 0.2) is 100 Å². The highest BCUT2D eigenvalue weighted by atomic mass is 19.1. The number of anilines is 1. The molecule has 0 saturated carbocycles. The highest BCUT2D eigenvalue weighted by molar-refractivity contribution is 5.90. The Balaban J connectivity index is 1.52. The van der Waals surface area contributed by atoms with Crippen molar-refractivity contribution in [2.75, 3.05) is 19.1 Å². The predicted octanol–water partition coefficient (Wildman–Crippen LogP) is 4.37. The van der Waals surface area contributed by atoms with Gasteiger partial charge in [-0.05, 0) is 42.5 Å². The highest BCUT2D eigenvalue weighted by Gasteiger charge is 2.51. The molecule has 1 saturated heterocycles. The van der Waals surface area contributed by atoms with Gasteiger partial charge in [0.15, 0.2) is 18.5 Å². The van der Waals surface area contributed by atoms with E-state index in [4.69, 9.17) is 23.4 Å². The van der Waals surface area contributed by atoms with E-state index in [9.17, 15) is 18.8 Å². The second-order valence-corrected chi connectivity index (χ2v) is 9.08. The smallest absolute Gasteiger partial charge is 0.338 e. The zero-order chi connectivity index (χ0) is 28.1. The van der Waals surface area contributed by atoms with E-state index in [1.807, 2.05) is 0 Å². The molecule has 0 amide bonds. The molecule has 3 aromatic carbocycles. The Bertz CT molecular complexity index is 1530. The maximum Gasteiger partial charge on any atom is 0.338 e. The van der Waals surface area contributed by atoms with Crippen molar-refractivity contribution in [1.82, 2.24) is 0 Å². The SMILES string of the molecule is CO[C@H]1O[C@H](CF)[C@@H](OC(=O)c2ccccc2)[C@H](OC(=O)c2ccccc2)[C@H]1Nc1ccc2ccc(=O)oc2c1. The standard InChI is InChI=1S/C30H26FNO8/c1-36-30-25(32-21-14-12-18-13-15-24(33)37-22(18)16-21)27(40-29(35)20-10-6-3-7-11-20)26(23(17-31)38-30)39-28(34)19-8-4-2-5-9-19/h2-16,23,25-27,30,32H,17H2,1H3/t23-,25-,26-,27-,30+/m1/s1. The summed E-state index contributed by atoms with van der Waals surface area (Å²) in [6, 6.07) is 23.4. The third-order valence-electron chi connectivity index (χ3n) is 6.49. The number of hydrogen-bond acceptors (Lipinski definition) is 9. The van der Waals surface area contributed by atoms with Gasteiger partial charge < -0.3 is 28.7 Å². The van der Waals surface area contributed by atoms with E-state index in [0.29, 0.717) is 16.7 Å². The largest absolute Gasteiger partial charge is 0.452 e. The Labute approximate surface area is 228 Å². The number of carbonyl (C=O) groups is 2. The van der Waals surface area contributed by atoms with E-state index in [-0.39, 0.29) is 11.1 Å². The van der Waals surface area contributed by atoms with E-state index in [1.54, 1.807) is 84.9 Å². The van der Waals surface area contributed by atoms with Crippen molar-refractivity contribution in [2.45, 2.75) is 30.6 Å². The van der Waals surface area contributed by atoms with Crippen molar-refractivity contribution in [3.05, 3.63) is 113 Å². The molecule has 1 aromatic heterocycles. The normalized spacial score (nSPS) is 22.4. The zero-order valence-corrected chi connectivity index (χ0v) is 21.4. The van der Waals surface area contributed by atoms with Crippen LogP contribution in [0, 0.1) is 0 Å². The third-order valence-corrected chi connectivity index (χ3v) is 6.49. The van der Waals surface area contributed by atoms with Gasteiger partial charge in [0, 0.05) is 30.3 Å². The predicted molar refractivity (Wildman–Crippen MR) is 143 cm³/mol. The molecule has 9 nitrogen and oxygen atoms in total. The van der Waals surface area contributed by atoms with Crippen LogP contribution in [0.3, 0.4) is 0 Å². The molecule has 5 atom stereocenters. The second kappa shape index (κ2) is 12.1. The summed E-state index contributed by atoms with van der Waals surface area (Å²) in [6.07, 6.45) is -5.00. The number of nitrogens with one attached hydrogen (secondary N) is 1. The van der Waals surface area contributed by atoms with Crippen molar-refractivity contribution in [1.29, 1.82) is 0 Å². The summed E-state index contributed by atoms with van der Waals surface area (Å²) in [5.41, 5.74) is 0.740. The van der Waals surface area contributed by atoms with E-state index in [2.05, 4.69) is 5.32 Å².